The van der Waals surface area contributed by atoms with Crippen molar-refractivity contribution >= 4 is 5.69 Å². The smallest absolute Gasteiger partial charge is 0.0545 e. The second kappa shape index (κ2) is 5.47. The zero-order chi connectivity index (χ0) is 12.3. The zero-order valence-electron chi connectivity index (χ0n) is 10.8. The van der Waals surface area contributed by atoms with Gasteiger partial charge in [-0.15, -0.1) is 0 Å². The van der Waals surface area contributed by atoms with Crippen molar-refractivity contribution < 1.29 is 0 Å². The summed E-state index contributed by atoms with van der Waals surface area (Å²) >= 11 is 0. The molecule has 1 unspecified atom stereocenters. The van der Waals surface area contributed by atoms with Crippen molar-refractivity contribution in [2.75, 3.05) is 32.9 Å². The van der Waals surface area contributed by atoms with Gasteiger partial charge in [0.1, 0.15) is 0 Å². The molecule has 4 nitrogen and oxygen atoms in total. The number of nitrogens with two attached hydrogens (primary N) is 1. The summed E-state index contributed by atoms with van der Waals surface area (Å²) in [6.45, 7) is 3.24. The molecule has 0 amide bonds. The number of nitrogen functional groups attached to an aromatic ring is 1. The molecule has 2 N–H and O–H groups in total. The van der Waals surface area contributed by atoms with Crippen LogP contribution in [0.4, 0.5) is 5.69 Å². The summed E-state index contributed by atoms with van der Waals surface area (Å²) in [4.78, 5) is 9.12. The van der Waals surface area contributed by atoms with Crippen LogP contribution in [-0.2, 0) is 6.54 Å². The fourth-order valence-corrected chi connectivity index (χ4v) is 2.44. The van der Waals surface area contributed by atoms with Crippen molar-refractivity contribution in [3.63, 3.8) is 0 Å². The van der Waals surface area contributed by atoms with Gasteiger partial charge in [-0.3, -0.25) is 9.88 Å². The van der Waals surface area contributed by atoms with Crippen LogP contribution in [-0.4, -0.2) is 48.0 Å². The average Bonchev–Trinajstić information content (AvgIpc) is 2.68. The van der Waals surface area contributed by atoms with Crippen molar-refractivity contribution in [2.24, 2.45) is 0 Å². The molecule has 2 rings (SSSR count). The third kappa shape index (κ3) is 3.41. The van der Waals surface area contributed by atoms with Crippen LogP contribution < -0.4 is 5.73 Å². The third-order valence-corrected chi connectivity index (χ3v) is 3.47. The molecule has 0 bridgehead atoms. The van der Waals surface area contributed by atoms with Gasteiger partial charge in [0.25, 0.3) is 0 Å². The second-order valence-electron chi connectivity index (χ2n) is 5.06. The first-order chi connectivity index (χ1) is 8.15. The van der Waals surface area contributed by atoms with E-state index >= 15 is 0 Å². The minimum atomic E-state index is 0.703. The summed E-state index contributed by atoms with van der Waals surface area (Å²) in [5.74, 6) is 0. The average molecular weight is 234 g/mol. The van der Waals surface area contributed by atoms with E-state index < -0.39 is 0 Å². The number of aromatic nitrogens is 1. The monoisotopic (exact) mass is 234 g/mol. The molecule has 1 aromatic heterocycles. The molecule has 0 radical (unpaired) electrons. The van der Waals surface area contributed by atoms with E-state index in [1.807, 2.05) is 12.1 Å². The van der Waals surface area contributed by atoms with Crippen LogP contribution in [0.2, 0.25) is 0 Å². The van der Waals surface area contributed by atoms with E-state index in [4.69, 9.17) is 5.73 Å². The highest BCUT2D eigenvalue weighted by atomic mass is 15.2. The summed E-state index contributed by atoms with van der Waals surface area (Å²) < 4.78 is 0. The molecule has 17 heavy (non-hydrogen) atoms. The molecule has 0 aliphatic carbocycles. The predicted molar refractivity (Wildman–Crippen MR) is 70.6 cm³/mol. The molecule has 2 heterocycles. The Labute approximate surface area is 103 Å². The summed E-state index contributed by atoms with van der Waals surface area (Å²) in [7, 11) is 4.37. The second-order valence-corrected chi connectivity index (χ2v) is 5.06. The molecule has 1 aromatic rings. The number of nitrogens with zero attached hydrogens (tertiary/aromatic N) is 3. The first-order valence-corrected chi connectivity index (χ1v) is 6.24. The Kier molecular flexibility index (Phi) is 3.97. The highest BCUT2D eigenvalue weighted by Crippen LogP contribution is 2.16. The Morgan fingerprint density at radius 2 is 2.35 bits per heavy atom. The number of rotatable bonds is 4. The fourth-order valence-electron chi connectivity index (χ4n) is 2.44. The lowest BCUT2D eigenvalue weighted by Gasteiger charge is -2.25. The highest BCUT2D eigenvalue weighted by Gasteiger charge is 2.21. The van der Waals surface area contributed by atoms with Crippen molar-refractivity contribution in [2.45, 2.75) is 25.4 Å². The van der Waals surface area contributed by atoms with Gasteiger partial charge in [0.2, 0.25) is 0 Å². The van der Waals surface area contributed by atoms with Gasteiger partial charge in [-0.2, -0.15) is 0 Å². The molecule has 1 atom stereocenters. The normalized spacial score (nSPS) is 21.2. The Balaban J connectivity index is 1.84. The van der Waals surface area contributed by atoms with Crippen LogP contribution in [0.5, 0.6) is 0 Å². The zero-order valence-corrected chi connectivity index (χ0v) is 10.8. The Bertz CT molecular complexity index is 349. The minimum Gasteiger partial charge on any atom is -0.397 e. The van der Waals surface area contributed by atoms with Crippen molar-refractivity contribution in [3.05, 3.63) is 24.0 Å². The molecule has 4 heteroatoms. The Morgan fingerprint density at radius 1 is 1.53 bits per heavy atom. The van der Waals surface area contributed by atoms with E-state index in [2.05, 4.69) is 28.9 Å². The maximum Gasteiger partial charge on any atom is 0.0545 e. The number of pyridine rings is 1. The SMILES string of the molecule is CN(Cc1ccc(N)cn1)CC1CCCN1C. The van der Waals surface area contributed by atoms with Crippen LogP contribution in [0, 0.1) is 0 Å². The largest absolute Gasteiger partial charge is 0.397 e. The summed E-state index contributed by atoms with van der Waals surface area (Å²) in [6.07, 6.45) is 4.37. The standard InChI is InChI=1S/C13H22N4/c1-16(10-13-4-3-7-17(13)2)9-12-6-5-11(14)8-15-12/h5-6,8,13H,3-4,7,9-10,14H2,1-2H3. The number of anilines is 1. The van der Waals surface area contributed by atoms with Crippen LogP contribution in [0.1, 0.15) is 18.5 Å². The van der Waals surface area contributed by atoms with Crippen LogP contribution >= 0.6 is 0 Å². The summed E-state index contributed by atoms with van der Waals surface area (Å²) in [5, 5.41) is 0. The Hall–Kier alpha value is -1.13. The predicted octanol–water partition coefficient (Wildman–Crippen LogP) is 1.19. The topological polar surface area (TPSA) is 45.4 Å². The molecule has 0 spiro atoms. The van der Waals surface area contributed by atoms with Gasteiger partial charge in [-0.05, 0) is 45.6 Å². The molecule has 94 valence electrons. The molecule has 0 saturated carbocycles. The maximum absolute atomic E-state index is 5.62. The summed E-state index contributed by atoms with van der Waals surface area (Å²) in [6, 6.07) is 4.62. The van der Waals surface area contributed by atoms with E-state index in [-0.39, 0.29) is 0 Å². The highest BCUT2D eigenvalue weighted by molar-refractivity contribution is 5.34. The van der Waals surface area contributed by atoms with E-state index in [1.54, 1.807) is 6.20 Å². The molecule has 1 fully saturated rings. The van der Waals surface area contributed by atoms with Crippen molar-refractivity contribution in [1.82, 2.24) is 14.8 Å². The first-order valence-electron chi connectivity index (χ1n) is 6.24. The lowest BCUT2D eigenvalue weighted by atomic mass is 10.2. The van der Waals surface area contributed by atoms with Crippen molar-refractivity contribution in [1.29, 1.82) is 0 Å². The first kappa shape index (κ1) is 12.3. The number of hydrogen-bond donors (Lipinski definition) is 1. The third-order valence-electron chi connectivity index (χ3n) is 3.47. The van der Waals surface area contributed by atoms with Gasteiger partial charge >= 0.3 is 0 Å². The fraction of sp³-hybridized carbons (Fsp3) is 0.615. The molecule has 1 saturated heterocycles. The number of likely N-dealkylation sites (N-methyl/N-ethyl adjacent to an activating group) is 2. The van der Waals surface area contributed by atoms with E-state index in [1.165, 1.54) is 19.4 Å². The number of likely N-dealkylation sites (tertiary alicyclic amines) is 1. The minimum absolute atomic E-state index is 0.703. The molecule has 1 aliphatic rings. The lowest BCUT2D eigenvalue weighted by molar-refractivity contribution is 0.214. The van der Waals surface area contributed by atoms with Gasteiger partial charge in [0, 0.05) is 19.1 Å². The quantitative estimate of drug-likeness (QED) is 0.850. The molecule has 1 aliphatic heterocycles. The maximum atomic E-state index is 5.62. The number of hydrogen-bond acceptors (Lipinski definition) is 4. The van der Waals surface area contributed by atoms with Gasteiger partial charge in [-0.1, -0.05) is 0 Å². The molecule has 0 aromatic carbocycles. The van der Waals surface area contributed by atoms with Crippen LogP contribution in [0.3, 0.4) is 0 Å². The van der Waals surface area contributed by atoms with Crippen LogP contribution in [0.15, 0.2) is 18.3 Å². The van der Waals surface area contributed by atoms with E-state index in [0.717, 1.165) is 24.5 Å². The van der Waals surface area contributed by atoms with Gasteiger partial charge in [-0.25, -0.2) is 0 Å². The van der Waals surface area contributed by atoms with E-state index in [0.29, 0.717) is 6.04 Å². The van der Waals surface area contributed by atoms with E-state index in [9.17, 15) is 0 Å². The Morgan fingerprint density at radius 3 is 2.94 bits per heavy atom. The van der Waals surface area contributed by atoms with Crippen LogP contribution in [0.25, 0.3) is 0 Å². The van der Waals surface area contributed by atoms with Gasteiger partial charge in [0.15, 0.2) is 0 Å². The lowest BCUT2D eigenvalue weighted by Crippen LogP contribution is -2.36. The van der Waals surface area contributed by atoms with Gasteiger partial charge < -0.3 is 10.6 Å². The molecular formula is C13H22N4. The molecular weight excluding hydrogens is 212 g/mol. The van der Waals surface area contributed by atoms with Crippen molar-refractivity contribution in [3.8, 4) is 0 Å². The van der Waals surface area contributed by atoms with Gasteiger partial charge in [0.05, 0.1) is 17.6 Å². The summed E-state index contributed by atoms with van der Waals surface area (Å²) in [5.41, 5.74) is 7.44.